The van der Waals surface area contributed by atoms with Crippen LogP contribution in [0.2, 0.25) is 5.02 Å². The first kappa shape index (κ1) is 15.4. The number of carboxylic acid groups (broad SMARTS) is 2. The molecule has 0 spiro atoms. The predicted octanol–water partition coefficient (Wildman–Crippen LogP) is 4.03. The standard InChI is InChI=1S/C15H11ClO4S/c16-11-3-1-2-9(6-11)8-21-13-7-10(14(17)18)4-5-12(13)15(19)20/h1-7H,8H2,(H,17,18)(H,19,20). The summed E-state index contributed by atoms with van der Waals surface area (Å²) in [5.41, 5.74) is 1.09. The molecular weight excluding hydrogens is 312 g/mol. The highest BCUT2D eigenvalue weighted by molar-refractivity contribution is 7.98. The summed E-state index contributed by atoms with van der Waals surface area (Å²) in [4.78, 5) is 22.6. The Morgan fingerprint density at radius 3 is 2.43 bits per heavy atom. The van der Waals surface area contributed by atoms with Crippen molar-refractivity contribution in [1.82, 2.24) is 0 Å². The Kier molecular flexibility index (Phi) is 4.88. The Labute approximate surface area is 130 Å². The first-order valence-corrected chi connectivity index (χ1v) is 7.31. The van der Waals surface area contributed by atoms with Gasteiger partial charge in [-0.25, -0.2) is 9.59 Å². The van der Waals surface area contributed by atoms with Crippen LogP contribution in [-0.4, -0.2) is 22.2 Å². The third-order valence-corrected chi connectivity index (χ3v) is 4.10. The van der Waals surface area contributed by atoms with Gasteiger partial charge < -0.3 is 10.2 Å². The lowest BCUT2D eigenvalue weighted by atomic mass is 10.1. The van der Waals surface area contributed by atoms with Crippen LogP contribution in [0.5, 0.6) is 0 Å². The fraction of sp³-hybridized carbons (Fsp3) is 0.0667. The number of halogens is 1. The minimum Gasteiger partial charge on any atom is -0.478 e. The molecule has 6 heteroatoms. The lowest BCUT2D eigenvalue weighted by molar-refractivity contribution is 0.0678. The molecule has 0 saturated heterocycles. The Morgan fingerprint density at radius 1 is 1.05 bits per heavy atom. The molecule has 0 aliphatic carbocycles. The van der Waals surface area contributed by atoms with Crippen molar-refractivity contribution in [2.24, 2.45) is 0 Å². The Balaban J connectivity index is 2.26. The first-order chi connectivity index (χ1) is 9.97. The summed E-state index contributed by atoms with van der Waals surface area (Å²) in [6.07, 6.45) is 0. The van der Waals surface area contributed by atoms with Gasteiger partial charge >= 0.3 is 11.9 Å². The molecule has 0 aliphatic heterocycles. The van der Waals surface area contributed by atoms with E-state index in [4.69, 9.17) is 21.8 Å². The number of aromatic carboxylic acids is 2. The quantitative estimate of drug-likeness (QED) is 0.813. The first-order valence-electron chi connectivity index (χ1n) is 5.95. The molecule has 108 valence electrons. The van der Waals surface area contributed by atoms with Gasteiger partial charge in [-0.15, -0.1) is 11.8 Å². The van der Waals surface area contributed by atoms with E-state index >= 15 is 0 Å². The minimum absolute atomic E-state index is 0.0635. The van der Waals surface area contributed by atoms with Crippen molar-refractivity contribution in [1.29, 1.82) is 0 Å². The van der Waals surface area contributed by atoms with Crippen molar-refractivity contribution in [3.05, 3.63) is 64.2 Å². The average molecular weight is 323 g/mol. The molecule has 2 N–H and O–H groups in total. The maximum absolute atomic E-state index is 11.2. The van der Waals surface area contributed by atoms with Gasteiger partial charge in [0.25, 0.3) is 0 Å². The number of carbonyl (C=O) groups is 2. The van der Waals surface area contributed by atoms with Gasteiger partial charge in [-0.05, 0) is 35.9 Å². The Morgan fingerprint density at radius 2 is 1.81 bits per heavy atom. The van der Waals surface area contributed by atoms with Crippen molar-refractivity contribution in [3.63, 3.8) is 0 Å². The largest absolute Gasteiger partial charge is 0.478 e. The van der Waals surface area contributed by atoms with Crippen LogP contribution in [0.4, 0.5) is 0 Å². The third-order valence-electron chi connectivity index (χ3n) is 2.74. The maximum Gasteiger partial charge on any atom is 0.336 e. The fourth-order valence-electron chi connectivity index (χ4n) is 1.74. The number of thioether (sulfide) groups is 1. The molecule has 0 unspecified atom stereocenters. The van der Waals surface area contributed by atoms with E-state index in [1.165, 1.54) is 30.0 Å². The normalized spacial score (nSPS) is 10.3. The SMILES string of the molecule is O=C(O)c1ccc(C(=O)O)c(SCc2cccc(Cl)c2)c1. The highest BCUT2D eigenvalue weighted by atomic mass is 35.5. The van der Waals surface area contributed by atoms with E-state index in [9.17, 15) is 9.59 Å². The molecule has 0 atom stereocenters. The van der Waals surface area contributed by atoms with Crippen LogP contribution in [0.1, 0.15) is 26.3 Å². The van der Waals surface area contributed by atoms with Crippen LogP contribution in [0.15, 0.2) is 47.4 Å². The number of hydrogen-bond acceptors (Lipinski definition) is 3. The molecule has 2 aromatic rings. The van der Waals surface area contributed by atoms with Crippen molar-refractivity contribution in [2.45, 2.75) is 10.6 Å². The van der Waals surface area contributed by atoms with Crippen LogP contribution in [0.25, 0.3) is 0 Å². The Hall–Kier alpha value is -1.98. The molecule has 0 aliphatic rings. The molecular formula is C15H11ClO4S. The molecule has 21 heavy (non-hydrogen) atoms. The van der Waals surface area contributed by atoms with E-state index in [1.807, 2.05) is 12.1 Å². The van der Waals surface area contributed by atoms with E-state index < -0.39 is 11.9 Å². The fourth-order valence-corrected chi connectivity index (χ4v) is 2.98. The molecule has 0 aromatic heterocycles. The number of hydrogen-bond donors (Lipinski definition) is 2. The van der Waals surface area contributed by atoms with Crippen molar-refractivity contribution < 1.29 is 19.8 Å². The van der Waals surface area contributed by atoms with Gasteiger partial charge in [0.15, 0.2) is 0 Å². The smallest absolute Gasteiger partial charge is 0.336 e. The number of rotatable bonds is 5. The molecule has 0 bridgehead atoms. The summed E-state index contributed by atoms with van der Waals surface area (Å²) in [7, 11) is 0. The van der Waals surface area contributed by atoms with Gasteiger partial charge in [-0.3, -0.25) is 0 Å². The van der Waals surface area contributed by atoms with Crippen LogP contribution in [0.3, 0.4) is 0 Å². The van der Waals surface area contributed by atoms with Crippen LogP contribution in [-0.2, 0) is 5.75 Å². The third kappa shape index (κ3) is 4.00. The molecule has 0 radical (unpaired) electrons. The zero-order valence-corrected chi connectivity index (χ0v) is 12.3. The second-order valence-corrected chi connectivity index (χ2v) is 5.69. The average Bonchev–Trinajstić information content (AvgIpc) is 2.44. The number of benzene rings is 2. The van der Waals surface area contributed by atoms with Gasteiger partial charge in [-0.2, -0.15) is 0 Å². The molecule has 0 heterocycles. The van der Waals surface area contributed by atoms with E-state index in [0.29, 0.717) is 15.7 Å². The van der Waals surface area contributed by atoms with E-state index in [0.717, 1.165) is 5.56 Å². The van der Waals surface area contributed by atoms with Gasteiger partial charge in [-0.1, -0.05) is 23.7 Å². The predicted molar refractivity (Wildman–Crippen MR) is 81.4 cm³/mol. The lowest BCUT2D eigenvalue weighted by Gasteiger charge is -2.07. The summed E-state index contributed by atoms with van der Waals surface area (Å²) in [5, 5.41) is 18.7. The lowest BCUT2D eigenvalue weighted by Crippen LogP contribution is -2.03. The van der Waals surface area contributed by atoms with Crippen LogP contribution >= 0.6 is 23.4 Å². The van der Waals surface area contributed by atoms with E-state index in [1.54, 1.807) is 12.1 Å². The van der Waals surface area contributed by atoms with Gasteiger partial charge in [0.2, 0.25) is 0 Å². The summed E-state index contributed by atoms with van der Waals surface area (Å²) in [5.74, 6) is -1.67. The molecule has 4 nitrogen and oxygen atoms in total. The summed E-state index contributed by atoms with van der Waals surface area (Å²) in [6, 6.07) is 11.2. The minimum atomic E-state index is -1.09. The number of carboxylic acids is 2. The summed E-state index contributed by atoms with van der Waals surface area (Å²) < 4.78 is 0. The van der Waals surface area contributed by atoms with Crippen LogP contribution in [0, 0.1) is 0 Å². The topological polar surface area (TPSA) is 74.6 Å². The molecule has 0 fully saturated rings. The van der Waals surface area contributed by atoms with Gasteiger partial charge in [0.05, 0.1) is 11.1 Å². The molecule has 0 saturated carbocycles. The van der Waals surface area contributed by atoms with Crippen LogP contribution < -0.4 is 0 Å². The van der Waals surface area contributed by atoms with Crippen molar-refractivity contribution in [3.8, 4) is 0 Å². The maximum atomic E-state index is 11.2. The summed E-state index contributed by atoms with van der Waals surface area (Å²) >= 11 is 7.16. The second kappa shape index (κ2) is 6.65. The molecule has 2 aromatic carbocycles. The van der Waals surface area contributed by atoms with E-state index in [2.05, 4.69) is 0 Å². The zero-order valence-electron chi connectivity index (χ0n) is 10.7. The van der Waals surface area contributed by atoms with Gasteiger partial charge in [0.1, 0.15) is 0 Å². The monoisotopic (exact) mass is 322 g/mol. The second-order valence-electron chi connectivity index (χ2n) is 4.24. The molecule has 2 rings (SSSR count). The van der Waals surface area contributed by atoms with E-state index in [-0.39, 0.29) is 11.1 Å². The Bertz CT molecular complexity index is 700. The van der Waals surface area contributed by atoms with Gasteiger partial charge in [0, 0.05) is 15.7 Å². The van der Waals surface area contributed by atoms with Crippen molar-refractivity contribution >= 4 is 35.3 Å². The highest BCUT2D eigenvalue weighted by Crippen LogP contribution is 2.28. The zero-order chi connectivity index (χ0) is 15.4. The molecule has 0 amide bonds. The highest BCUT2D eigenvalue weighted by Gasteiger charge is 2.14. The van der Waals surface area contributed by atoms with Crippen molar-refractivity contribution in [2.75, 3.05) is 0 Å². The summed E-state index contributed by atoms with van der Waals surface area (Å²) in [6.45, 7) is 0.